The number of benzene rings is 1. The van der Waals surface area contributed by atoms with Crippen LogP contribution in [0, 0.1) is 0 Å². The maximum absolute atomic E-state index is 6.05. The molecule has 17 heavy (non-hydrogen) atoms. The molecule has 3 heteroatoms. The third-order valence-electron chi connectivity index (χ3n) is 4.20. The zero-order valence-electron chi connectivity index (χ0n) is 10.4. The van der Waals surface area contributed by atoms with Crippen molar-refractivity contribution in [2.75, 3.05) is 18.9 Å². The molecule has 1 saturated heterocycles. The third kappa shape index (κ3) is 1.83. The summed E-state index contributed by atoms with van der Waals surface area (Å²) in [5.74, 6) is 0. The molecule has 0 saturated carbocycles. The Bertz CT molecular complexity index is 424. The van der Waals surface area contributed by atoms with E-state index < -0.39 is 0 Å². The van der Waals surface area contributed by atoms with Crippen molar-refractivity contribution in [2.24, 2.45) is 0 Å². The lowest BCUT2D eigenvalue weighted by atomic mass is 9.93. The first-order chi connectivity index (χ1) is 8.19. The summed E-state index contributed by atoms with van der Waals surface area (Å²) < 4.78 is 5.65. The van der Waals surface area contributed by atoms with Crippen LogP contribution < -0.4 is 5.73 Å². The molecule has 0 radical (unpaired) electrons. The SMILES string of the molecule is CC1(N2Cc3cccc(N)c3C2)CCCOC1. The second kappa shape index (κ2) is 4.00. The van der Waals surface area contributed by atoms with Gasteiger partial charge in [0.1, 0.15) is 0 Å². The van der Waals surface area contributed by atoms with Crippen molar-refractivity contribution in [1.29, 1.82) is 0 Å². The lowest BCUT2D eigenvalue weighted by Crippen LogP contribution is -2.49. The number of ether oxygens (including phenoxy) is 1. The summed E-state index contributed by atoms with van der Waals surface area (Å²) in [6.45, 7) is 6.07. The Labute approximate surface area is 103 Å². The first kappa shape index (κ1) is 11.1. The van der Waals surface area contributed by atoms with Gasteiger partial charge in [-0.15, -0.1) is 0 Å². The van der Waals surface area contributed by atoms with E-state index in [1.807, 2.05) is 6.07 Å². The Morgan fingerprint density at radius 3 is 2.94 bits per heavy atom. The van der Waals surface area contributed by atoms with Gasteiger partial charge in [-0.2, -0.15) is 0 Å². The topological polar surface area (TPSA) is 38.5 Å². The highest BCUT2D eigenvalue weighted by Crippen LogP contribution is 2.36. The second-order valence-corrected chi connectivity index (χ2v) is 5.49. The molecule has 1 aromatic carbocycles. The summed E-state index contributed by atoms with van der Waals surface area (Å²) >= 11 is 0. The highest BCUT2D eigenvalue weighted by molar-refractivity contribution is 5.52. The van der Waals surface area contributed by atoms with E-state index in [9.17, 15) is 0 Å². The minimum absolute atomic E-state index is 0.184. The monoisotopic (exact) mass is 232 g/mol. The van der Waals surface area contributed by atoms with Crippen molar-refractivity contribution in [3.63, 3.8) is 0 Å². The predicted molar refractivity (Wildman–Crippen MR) is 68.6 cm³/mol. The molecule has 1 aromatic rings. The average Bonchev–Trinajstić information content (AvgIpc) is 2.76. The van der Waals surface area contributed by atoms with Gasteiger partial charge < -0.3 is 10.5 Å². The van der Waals surface area contributed by atoms with Gasteiger partial charge in [-0.25, -0.2) is 0 Å². The summed E-state index contributed by atoms with van der Waals surface area (Å²) in [5, 5.41) is 0. The van der Waals surface area contributed by atoms with E-state index in [0.29, 0.717) is 0 Å². The fourth-order valence-electron chi connectivity index (χ4n) is 3.00. The van der Waals surface area contributed by atoms with Gasteiger partial charge in [-0.05, 0) is 37.0 Å². The van der Waals surface area contributed by atoms with Gasteiger partial charge in [0.15, 0.2) is 0 Å². The number of nitrogens with two attached hydrogens (primary N) is 1. The molecule has 0 amide bonds. The molecule has 1 unspecified atom stereocenters. The Hall–Kier alpha value is -1.06. The van der Waals surface area contributed by atoms with Gasteiger partial charge in [-0.3, -0.25) is 4.90 Å². The van der Waals surface area contributed by atoms with E-state index in [1.165, 1.54) is 24.0 Å². The van der Waals surface area contributed by atoms with Crippen LogP contribution in [-0.4, -0.2) is 23.7 Å². The van der Waals surface area contributed by atoms with Gasteiger partial charge in [0.05, 0.1) is 6.61 Å². The molecule has 2 heterocycles. The number of rotatable bonds is 1. The average molecular weight is 232 g/mol. The van der Waals surface area contributed by atoms with Gasteiger partial charge >= 0.3 is 0 Å². The Morgan fingerprint density at radius 1 is 1.35 bits per heavy atom. The fourth-order valence-corrected chi connectivity index (χ4v) is 3.00. The van der Waals surface area contributed by atoms with Gasteiger partial charge in [0, 0.05) is 30.9 Å². The van der Waals surface area contributed by atoms with Gasteiger partial charge in [-0.1, -0.05) is 12.1 Å². The summed E-state index contributed by atoms with van der Waals surface area (Å²) in [4.78, 5) is 2.52. The molecule has 2 N–H and O–H groups in total. The van der Waals surface area contributed by atoms with Crippen LogP contribution in [0.5, 0.6) is 0 Å². The zero-order chi connectivity index (χ0) is 11.9. The van der Waals surface area contributed by atoms with Gasteiger partial charge in [0.25, 0.3) is 0 Å². The Kier molecular flexibility index (Phi) is 2.60. The third-order valence-corrected chi connectivity index (χ3v) is 4.20. The maximum Gasteiger partial charge on any atom is 0.0647 e. The number of hydrogen-bond donors (Lipinski definition) is 1. The molecule has 0 aromatic heterocycles. The Balaban J connectivity index is 1.83. The van der Waals surface area contributed by atoms with Crippen LogP contribution >= 0.6 is 0 Å². The Morgan fingerprint density at radius 2 is 2.24 bits per heavy atom. The van der Waals surface area contributed by atoms with Crippen LogP contribution in [0.4, 0.5) is 5.69 Å². The molecule has 3 nitrogen and oxygen atoms in total. The number of anilines is 1. The normalized spacial score (nSPS) is 29.2. The number of fused-ring (bicyclic) bond motifs is 1. The van der Waals surface area contributed by atoms with Crippen molar-refractivity contribution >= 4 is 5.69 Å². The number of nitrogens with zero attached hydrogens (tertiary/aromatic N) is 1. The molecule has 1 atom stereocenters. The van der Waals surface area contributed by atoms with Crippen LogP contribution in [0.15, 0.2) is 18.2 Å². The van der Waals surface area contributed by atoms with E-state index in [0.717, 1.165) is 32.0 Å². The van der Waals surface area contributed by atoms with Crippen molar-refractivity contribution < 1.29 is 4.74 Å². The maximum atomic E-state index is 6.05. The minimum Gasteiger partial charge on any atom is -0.398 e. The van der Waals surface area contributed by atoms with Crippen molar-refractivity contribution in [1.82, 2.24) is 4.90 Å². The lowest BCUT2D eigenvalue weighted by Gasteiger charge is -2.41. The minimum atomic E-state index is 0.184. The van der Waals surface area contributed by atoms with Crippen LogP contribution in [0.1, 0.15) is 30.9 Å². The molecule has 92 valence electrons. The molecule has 0 aliphatic carbocycles. The van der Waals surface area contributed by atoms with E-state index in [-0.39, 0.29) is 5.54 Å². The van der Waals surface area contributed by atoms with Crippen molar-refractivity contribution in [3.8, 4) is 0 Å². The summed E-state index contributed by atoms with van der Waals surface area (Å²) in [7, 11) is 0. The molecular formula is C14H20N2O. The molecule has 2 aliphatic rings. The summed E-state index contributed by atoms with van der Waals surface area (Å²) in [6, 6.07) is 6.25. The van der Waals surface area contributed by atoms with E-state index in [2.05, 4.69) is 24.0 Å². The van der Waals surface area contributed by atoms with E-state index in [1.54, 1.807) is 0 Å². The summed E-state index contributed by atoms with van der Waals surface area (Å²) in [6.07, 6.45) is 2.39. The van der Waals surface area contributed by atoms with Gasteiger partial charge in [0.2, 0.25) is 0 Å². The molecule has 2 aliphatic heterocycles. The largest absolute Gasteiger partial charge is 0.398 e. The van der Waals surface area contributed by atoms with Crippen LogP contribution in [0.25, 0.3) is 0 Å². The first-order valence-electron chi connectivity index (χ1n) is 6.38. The second-order valence-electron chi connectivity index (χ2n) is 5.49. The van der Waals surface area contributed by atoms with Crippen LogP contribution in [0.2, 0.25) is 0 Å². The highest BCUT2D eigenvalue weighted by Gasteiger charge is 2.37. The highest BCUT2D eigenvalue weighted by atomic mass is 16.5. The van der Waals surface area contributed by atoms with E-state index in [4.69, 9.17) is 10.5 Å². The number of nitrogen functional groups attached to an aromatic ring is 1. The standard InChI is InChI=1S/C14H20N2O/c1-14(6-3-7-17-10-14)16-8-11-4-2-5-13(15)12(11)9-16/h2,4-5H,3,6-10,15H2,1H3. The lowest BCUT2D eigenvalue weighted by molar-refractivity contribution is -0.0423. The molecule has 1 fully saturated rings. The van der Waals surface area contributed by atoms with Crippen LogP contribution in [-0.2, 0) is 17.8 Å². The quantitative estimate of drug-likeness (QED) is 0.754. The zero-order valence-corrected chi connectivity index (χ0v) is 10.4. The molecule has 0 spiro atoms. The van der Waals surface area contributed by atoms with Crippen LogP contribution in [0.3, 0.4) is 0 Å². The fraction of sp³-hybridized carbons (Fsp3) is 0.571. The summed E-state index contributed by atoms with van der Waals surface area (Å²) in [5.41, 5.74) is 9.87. The van der Waals surface area contributed by atoms with Crippen molar-refractivity contribution in [3.05, 3.63) is 29.3 Å². The predicted octanol–water partition coefficient (Wildman–Crippen LogP) is 2.15. The molecule has 0 bridgehead atoms. The van der Waals surface area contributed by atoms with Crippen molar-refractivity contribution in [2.45, 2.75) is 38.4 Å². The number of hydrogen-bond acceptors (Lipinski definition) is 3. The van der Waals surface area contributed by atoms with E-state index >= 15 is 0 Å². The smallest absolute Gasteiger partial charge is 0.0647 e. The molecule has 3 rings (SSSR count). The first-order valence-corrected chi connectivity index (χ1v) is 6.38. The molecular weight excluding hydrogens is 212 g/mol.